The smallest absolute Gasteiger partial charge is 0.110 e. The predicted molar refractivity (Wildman–Crippen MR) is 75.9 cm³/mol. The molecule has 0 spiro atoms. The Balaban J connectivity index is 2.08. The lowest BCUT2D eigenvalue weighted by molar-refractivity contribution is 0.521. The van der Waals surface area contributed by atoms with Crippen molar-refractivity contribution in [1.82, 2.24) is 19.3 Å². The lowest BCUT2D eigenvalue weighted by Gasteiger charge is -2.10. The number of nitrogens with zero attached hydrogens (tertiary/aromatic N) is 4. The molecule has 2 heterocycles. The molecule has 0 aromatic carbocycles. The van der Waals surface area contributed by atoms with E-state index in [1.54, 1.807) is 0 Å². The summed E-state index contributed by atoms with van der Waals surface area (Å²) in [6, 6.07) is 2.63. The Bertz CT molecular complexity index is 511. The monoisotopic (exact) mass is 261 g/mol. The van der Waals surface area contributed by atoms with Gasteiger partial charge in [-0.25, -0.2) is 4.98 Å². The van der Waals surface area contributed by atoms with E-state index < -0.39 is 0 Å². The molecule has 0 amide bonds. The summed E-state index contributed by atoms with van der Waals surface area (Å²) >= 11 is 0. The molecule has 2 N–H and O–H groups in total. The first kappa shape index (κ1) is 13.8. The summed E-state index contributed by atoms with van der Waals surface area (Å²) in [5, 5.41) is 4.56. The van der Waals surface area contributed by atoms with Crippen LogP contribution < -0.4 is 5.73 Å². The fourth-order valence-corrected chi connectivity index (χ4v) is 1.98. The van der Waals surface area contributed by atoms with Gasteiger partial charge in [0, 0.05) is 37.1 Å². The van der Waals surface area contributed by atoms with E-state index in [4.69, 9.17) is 5.73 Å². The first-order valence-corrected chi connectivity index (χ1v) is 6.89. The van der Waals surface area contributed by atoms with Crippen molar-refractivity contribution in [3.63, 3.8) is 0 Å². The molecule has 1 unspecified atom stereocenters. The van der Waals surface area contributed by atoms with Gasteiger partial charge in [-0.2, -0.15) is 5.10 Å². The highest BCUT2D eigenvalue weighted by Crippen LogP contribution is 2.09. The van der Waals surface area contributed by atoms with E-state index in [0.29, 0.717) is 6.04 Å². The normalized spacial score (nSPS) is 13.1. The average Bonchev–Trinajstić information content (AvgIpc) is 3.00. The fourth-order valence-electron chi connectivity index (χ4n) is 1.98. The third kappa shape index (κ3) is 3.44. The fraction of sp³-hybridized carbons (Fsp3) is 0.571. The van der Waals surface area contributed by atoms with Crippen molar-refractivity contribution in [2.45, 2.75) is 52.2 Å². The Labute approximate surface area is 114 Å². The van der Waals surface area contributed by atoms with Gasteiger partial charge in [-0.05, 0) is 26.3 Å². The third-order valence-electron chi connectivity index (χ3n) is 3.30. The number of hydrogen-bond acceptors (Lipinski definition) is 3. The molecule has 2 aromatic heterocycles. The van der Waals surface area contributed by atoms with Gasteiger partial charge in [0.1, 0.15) is 5.82 Å². The molecule has 1 atom stereocenters. The van der Waals surface area contributed by atoms with Crippen LogP contribution in [-0.2, 0) is 13.0 Å². The molecule has 0 saturated heterocycles. The zero-order chi connectivity index (χ0) is 13.8. The van der Waals surface area contributed by atoms with Crippen LogP contribution in [0.25, 0.3) is 0 Å². The molecule has 2 rings (SSSR count). The van der Waals surface area contributed by atoms with Gasteiger partial charge in [-0.3, -0.25) is 4.68 Å². The Morgan fingerprint density at radius 3 is 2.74 bits per heavy atom. The molecule has 0 aliphatic carbocycles. The standard InChI is InChI=1S/C14H23N5/c1-4-12(15)9-14-16-6-8-18(14)10-13-5-7-19(17-13)11(2)3/h5-8,11-12H,4,9-10,15H2,1-3H3. The second-order valence-electron chi connectivity index (χ2n) is 5.22. The zero-order valence-electron chi connectivity index (χ0n) is 12.0. The molecule has 0 saturated carbocycles. The van der Waals surface area contributed by atoms with E-state index >= 15 is 0 Å². The maximum Gasteiger partial charge on any atom is 0.110 e. The molecular weight excluding hydrogens is 238 g/mol. The van der Waals surface area contributed by atoms with Crippen LogP contribution in [0.4, 0.5) is 0 Å². The molecule has 2 aromatic rings. The third-order valence-corrected chi connectivity index (χ3v) is 3.30. The van der Waals surface area contributed by atoms with E-state index in [9.17, 15) is 0 Å². The number of aromatic nitrogens is 4. The topological polar surface area (TPSA) is 61.7 Å². The van der Waals surface area contributed by atoms with Crippen molar-refractivity contribution >= 4 is 0 Å². The van der Waals surface area contributed by atoms with E-state index in [2.05, 4.69) is 41.5 Å². The Hall–Kier alpha value is -1.62. The van der Waals surface area contributed by atoms with Crippen molar-refractivity contribution in [3.05, 3.63) is 36.2 Å². The lowest BCUT2D eigenvalue weighted by atomic mass is 10.1. The SMILES string of the molecule is CCC(N)Cc1nccn1Cc1ccn(C(C)C)n1. The molecular formula is C14H23N5. The van der Waals surface area contributed by atoms with Crippen molar-refractivity contribution in [3.8, 4) is 0 Å². The molecule has 0 radical (unpaired) electrons. The van der Waals surface area contributed by atoms with Gasteiger partial charge < -0.3 is 10.3 Å². The van der Waals surface area contributed by atoms with E-state index in [1.165, 1.54) is 0 Å². The predicted octanol–water partition coefficient (Wildman–Crippen LogP) is 1.99. The quantitative estimate of drug-likeness (QED) is 0.865. The summed E-state index contributed by atoms with van der Waals surface area (Å²) in [6.45, 7) is 7.10. The van der Waals surface area contributed by atoms with Crippen LogP contribution in [0.1, 0.15) is 44.8 Å². The highest BCUT2D eigenvalue weighted by molar-refractivity contribution is 5.04. The first-order valence-electron chi connectivity index (χ1n) is 6.89. The van der Waals surface area contributed by atoms with Crippen LogP contribution >= 0.6 is 0 Å². The minimum Gasteiger partial charge on any atom is -0.329 e. The second-order valence-corrected chi connectivity index (χ2v) is 5.22. The van der Waals surface area contributed by atoms with E-state index in [0.717, 1.165) is 30.9 Å². The maximum atomic E-state index is 6.00. The Kier molecular flexibility index (Phi) is 4.37. The summed E-state index contributed by atoms with van der Waals surface area (Å²) < 4.78 is 4.10. The van der Waals surface area contributed by atoms with Crippen LogP contribution in [0.3, 0.4) is 0 Å². The average molecular weight is 261 g/mol. The minimum absolute atomic E-state index is 0.175. The van der Waals surface area contributed by atoms with Gasteiger partial charge in [0.25, 0.3) is 0 Å². The van der Waals surface area contributed by atoms with Crippen LogP contribution in [0.15, 0.2) is 24.7 Å². The van der Waals surface area contributed by atoms with Gasteiger partial charge >= 0.3 is 0 Å². The summed E-state index contributed by atoms with van der Waals surface area (Å²) in [5.74, 6) is 1.04. The van der Waals surface area contributed by atoms with E-state index in [1.807, 2.05) is 23.3 Å². The van der Waals surface area contributed by atoms with Crippen molar-refractivity contribution in [1.29, 1.82) is 0 Å². The Morgan fingerprint density at radius 1 is 1.32 bits per heavy atom. The van der Waals surface area contributed by atoms with Gasteiger partial charge in [0.05, 0.1) is 12.2 Å². The highest BCUT2D eigenvalue weighted by atomic mass is 15.3. The summed E-state index contributed by atoms with van der Waals surface area (Å²) in [5.41, 5.74) is 7.05. The number of imidazole rings is 1. The van der Waals surface area contributed by atoms with Crippen molar-refractivity contribution in [2.24, 2.45) is 5.73 Å². The van der Waals surface area contributed by atoms with Crippen molar-refractivity contribution in [2.75, 3.05) is 0 Å². The number of rotatable bonds is 6. The molecule has 19 heavy (non-hydrogen) atoms. The largest absolute Gasteiger partial charge is 0.329 e. The molecule has 5 nitrogen and oxygen atoms in total. The number of nitrogens with two attached hydrogens (primary N) is 1. The summed E-state index contributed by atoms with van der Waals surface area (Å²) in [4.78, 5) is 4.39. The molecule has 104 valence electrons. The van der Waals surface area contributed by atoms with Gasteiger partial charge in [0.2, 0.25) is 0 Å². The summed E-state index contributed by atoms with van der Waals surface area (Å²) in [7, 11) is 0. The molecule has 0 aliphatic rings. The second kappa shape index (κ2) is 6.02. The Morgan fingerprint density at radius 2 is 2.11 bits per heavy atom. The van der Waals surface area contributed by atoms with Gasteiger partial charge in [-0.15, -0.1) is 0 Å². The zero-order valence-corrected chi connectivity index (χ0v) is 12.0. The highest BCUT2D eigenvalue weighted by Gasteiger charge is 2.09. The first-order chi connectivity index (χ1) is 9.10. The van der Waals surface area contributed by atoms with Crippen LogP contribution in [0, 0.1) is 0 Å². The van der Waals surface area contributed by atoms with Crippen LogP contribution in [0.5, 0.6) is 0 Å². The number of hydrogen-bond donors (Lipinski definition) is 1. The summed E-state index contributed by atoms with van der Waals surface area (Å²) in [6.07, 6.45) is 7.63. The van der Waals surface area contributed by atoms with Gasteiger partial charge in [0.15, 0.2) is 0 Å². The molecule has 5 heteroatoms. The minimum atomic E-state index is 0.175. The van der Waals surface area contributed by atoms with Crippen LogP contribution in [-0.4, -0.2) is 25.4 Å². The molecule has 0 bridgehead atoms. The molecule has 0 aliphatic heterocycles. The van der Waals surface area contributed by atoms with Crippen molar-refractivity contribution < 1.29 is 0 Å². The van der Waals surface area contributed by atoms with Gasteiger partial charge in [-0.1, -0.05) is 6.92 Å². The van der Waals surface area contributed by atoms with Crippen LogP contribution in [0.2, 0.25) is 0 Å². The molecule has 0 fully saturated rings. The lowest BCUT2D eigenvalue weighted by Crippen LogP contribution is -2.23. The maximum absolute atomic E-state index is 6.00. The van der Waals surface area contributed by atoms with E-state index in [-0.39, 0.29) is 6.04 Å².